The first-order chi connectivity index (χ1) is 15.5. The maximum Gasteiger partial charge on any atom is 0.337 e. The molecule has 7 nitrogen and oxygen atoms in total. The van der Waals surface area contributed by atoms with Crippen molar-refractivity contribution in [3.8, 4) is 0 Å². The zero-order chi connectivity index (χ0) is 22.5. The maximum atomic E-state index is 11.8. The average molecular weight is 450 g/mol. The second-order valence-corrected chi connectivity index (χ2v) is 8.95. The van der Waals surface area contributed by atoms with Crippen LogP contribution in [0.25, 0.3) is 10.2 Å². The topological polar surface area (TPSA) is 72.3 Å². The van der Waals surface area contributed by atoms with Crippen LogP contribution in [0.1, 0.15) is 34.8 Å². The van der Waals surface area contributed by atoms with Crippen molar-refractivity contribution >= 4 is 38.3 Å². The van der Waals surface area contributed by atoms with E-state index in [-0.39, 0.29) is 12.0 Å². The maximum absolute atomic E-state index is 11.8. The molecule has 32 heavy (non-hydrogen) atoms. The Balaban J connectivity index is 1.57. The number of carbonyl (C=O) groups excluding carboxylic acids is 1. The monoisotopic (exact) mass is 449 g/mol. The van der Waals surface area contributed by atoms with Crippen molar-refractivity contribution in [1.29, 1.82) is 0 Å². The van der Waals surface area contributed by atoms with Crippen molar-refractivity contribution in [1.82, 2.24) is 19.4 Å². The lowest BCUT2D eigenvalue weighted by Gasteiger charge is -2.20. The number of ether oxygens (including phenoxy) is 1. The standard InChI is InChI=1S/C24H27N5O2S/c1-28(2)12-5-8-21(29-13-11-25-16-29)17-9-10-20-22(15-17)32-24(27-20)26-19-7-4-6-18(14-19)23(30)31-3/h4,6-7,9-11,13-16,21H,5,8,12H2,1-3H3,(H,26,27). The van der Waals surface area contributed by atoms with Crippen LogP contribution in [0.3, 0.4) is 0 Å². The van der Waals surface area contributed by atoms with Gasteiger partial charge in [0.15, 0.2) is 5.13 Å². The van der Waals surface area contributed by atoms with Crippen molar-refractivity contribution in [3.05, 3.63) is 72.3 Å². The highest BCUT2D eigenvalue weighted by Gasteiger charge is 2.15. The first-order valence-electron chi connectivity index (χ1n) is 10.5. The summed E-state index contributed by atoms with van der Waals surface area (Å²) in [5.74, 6) is -0.359. The minimum Gasteiger partial charge on any atom is -0.465 e. The molecule has 0 radical (unpaired) electrons. The second kappa shape index (κ2) is 9.93. The fraction of sp³-hybridized carbons (Fsp3) is 0.292. The molecule has 0 saturated carbocycles. The second-order valence-electron chi connectivity index (χ2n) is 7.91. The third-order valence-electron chi connectivity index (χ3n) is 5.30. The third kappa shape index (κ3) is 5.15. The normalized spacial score (nSPS) is 12.2. The fourth-order valence-electron chi connectivity index (χ4n) is 3.71. The molecule has 2 aromatic carbocycles. The molecule has 4 aromatic rings. The van der Waals surface area contributed by atoms with Crippen molar-refractivity contribution in [2.75, 3.05) is 33.1 Å². The molecule has 1 unspecified atom stereocenters. The van der Waals surface area contributed by atoms with Crippen molar-refractivity contribution in [2.45, 2.75) is 18.9 Å². The molecule has 0 aliphatic carbocycles. The van der Waals surface area contributed by atoms with Crippen LogP contribution in [0.15, 0.2) is 61.2 Å². The van der Waals surface area contributed by atoms with E-state index in [1.54, 1.807) is 23.5 Å². The summed E-state index contributed by atoms with van der Waals surface area (Å²) in [7, 11) is 5.58. The summed E-state index contributed by atoms with van der Waals surface area (Å²) in [5, 5.41) is 4.10. The minimum atomic E-state index is -0.359. The Morgan fingerprint density at radius 1 is 1.25 bits per heavy atom. The molecule has 0 spiro atoms. The summed E-state index contributed by atoms with van der Waals surface area (Å²) in [4.78, 5) is 23.0. The van der Waals surface area contributed by atoms with Gasteiger partial charge in [0.25, 0.3) is 0 Å². The van der Waals surface area contributed by atoms with E-state index in [2.05, 4.69) is 52.1 Å². The van der Waals surface area contributed by atoms with E-state index in [1.165, 1.54) is 12.7 Å². The van der Waals surface area contributed by atoms with Crippen LogP contribution >= 0.6 is 11.3 Å². The van der Waals surface area contributed by atoms with Gasteiger partial charge < -0.3 is 19.5 Å². The van der Waals surface area contributed by atoms with Crippen LogP contribution in [-0.4, -0.2) is 53.2 Å². The van der Waals surface area contributed by atoms with Gasteiger partial charge in [-0.3, -0.25) is 0 Å². The number of esters is 1. The molecule has 0 aliphatic rings. The zero-order valence-electron chi connectivity index (χ0n) is 18.5. The number of hydrogen-bond acceptors (Lipinski definition) is 7. The van der Waals surface area contributed by atoms with Gasteiger partial charge in [0.05, 0.1) is 35.3 Å². The van der Waals surface area contributed by atoms with E-state index in [0.717, 1.165) is 40.4 Å². The zero-order valence-corrected chi connectivity index (χ0v) is 19.3. The summed E-state index contributed by atoms with van der Waals surface area (Å²) in [6.07, 6.45) is 7.87. The van der Waals surface area contributed by atoms with Crippen molar-refractivity contribution in [2.24, 2.45) is 0 Å². The molecule has 0 saturated heterocycles. The number of benzene rings is 2. The minimum absolute atomic E-state index is 0.233. The Morgan fingerprint density at radius 3 is 2.88 bits per heavy atom. The SMILES string of the molecule is COC(=O)c1cccc(Nc2nc3ccc(C(CCCN(C)C)n4ccnc4)cc3s2)c1. The highest BCUT2D eigenvalue weighted by Crippen LogP contribution is 2.32. The van der Waals surface area contributed by atoms with E-state index >= 15 is 0 Å². The first-order valence-corrected chi connectivity index (χ1v) is 11.3. The molecule has 1 N–H and O–H groups in total. The summed E-state index contributed by atoms with van der Waals surface area (Å²) in [6, 6.07) is 13.9. The van der Waals surface area contributed by atoms with E-state index < -0.39 is 0 Å². The average Bonchev–Trinajstić information content (AvgIpc) is 3.45. The van der Waals surface area contributed by atoms with Crippen LogP contribution in [0, 0.1) is 0 Å². The number of aromatic nitrogens is 3. The summed E-state index contributed by atoms with van der Waals surface area (Å²) >= 11 is 1.60. The summed E-state index contributed by atoms with van der Waals surface area (Å²) in [5.41, 5.74) is 3.49. The van der Waals surface area contributed by atoms with Gasteiger partial charge in [-0.2, -0.15) is 0 Å². The van der Waals surface area contributed by atoms with E-state index in [1.807, 2.05) is 30.9 Å². The van der Waals surface area contributed by atoms with Gasteiger partial charge in [-0.05, 0) is 69.4 Å². The lowest BCUT2D eigenvalue weighted by atomic mass is 10.0. The van der Waals surface area contributed by atoms with Gasteiger partial charge in [-0.1, -0.05) is 23.5 Å². The number of nitrogens with one attached hydrogen (secondary N) is 1. The lowest BCUT2D eigenvalue weighted by Crippen LogP contribution is -2.16. The number of nitrogens with zero attached hydrogens (tertiary/aromatic N) is 4. The molecule has 2 heterocycles. The number of thiazole rings is 1. The predicted octanol–water partition coefficient (Wildman–Crippen LogP) is 4.95. The Hall–Kier alpha value is -3.23. The molecule has 0 aliphatic heterocycles. The largest absolute Gasteiger partial charge is 0.465 e. The molecule has 0 bridgehead atoms. The number of rotatable bonds is 9. The molecule has 0 amide bonds. The van der Waals surface area contributed by atoms with Crippen molar-refractivity contribution in [3.63, 3.8) is 0 Å². The molecule has 0 fully saturated rings. The molecule has 1 atom stereocenters. The first kappa shape index (κ1) is 22.0. The molecular weight excluding hydrogens is 422 g/mol. The van der Waals surface area contributed by atoms with Gasteiger partial charge in [-0.15, -0.1) is 0 Å². The van der Waals surface area contributed by atoms with Gasteiger partial charge in [0, 0.05) is 18.1 Å². The molecular formula is C24H27N5O2S. The predicted molar refractivity (Wildman–Crippen MR) is 129 cm³/mol. The Labute approximate surface area is 191 Å². The quantitative estimate of drug-likeness (QED) is 0.364. The van der Waals surface area contributed by atoms with E-state index in [4.69, 9.17) is 9.72 Å². The summed E-state index contributed by atoms with van der Waals surface area (Å²) < 4.78 is 8.10. The van der Waals surface area contributed by atoms with Crippen LogP contribution in [0.2, 0.25) is 0 Å². The lowest BCUT2D eigenvalue weighted by molar-refractivity contribution is 0.0601. The van der Waals surface area contributed by atoms with Crippen molar-refractivity contribution < 1.29 is 9.53 Å². The van der Waals surface area contributed by atoms with Crippen LogP contribution in [0.5, 0.6) is 0 Å². The fourth-order valence-corrected chi connectivity index (χ4v) is 4.64. The van der Waals surface area contributed by atoms with Gasteiger partial charge in [-0.25, -0.2) is 14.8 Å². The number of carbonyl (C=O) groups is 1. The van der Waals surface area contributed by atoms with E-state index in [9.17, 15) is 4.79 Å². The van der Waals surface area contributed by atoms with E-state index in [0.29, 0.717) is 5.56 Å². The molecule has 8 heteroatoms. The molecule has 2 aromatic heterocycles. The van der Waals surface area contributed by atoms with Gasteiger partial charge in [0.1, 0.15) is 0 Å². The molecule has 166 valence electrons. The highest BCUT2D eigenvalue weighted by molar-refractivity contribution is 7.22. The number of anilines is 2. The smallest absolute Gasteiger partial charge is 0.337 e. The third-order valence-corrected chi connectivity index (χ3v) is 6.23. The summed E-state index contributed by atoms with van der Waals surface area (Å²) in [6.45, 7) is 1.05. The van der Waals surface area contributed by atoms with Gasteiger partial charge in [0.2, 0.25) is 0 Å². The Kier molecular flexibility index (Phi) is 6.82. The number of imidazole rings is 1. The van der Waals surface area contributed by atoms with Gasteiger partial charge >= 0.3 is 5.97 Å². The number of fused-ring (bicyclic) bond motifs is 1. The number of hydrogen-bond donors (Lipinski definition) is 1. The van der Waals surface area contributed by atoms with Crippen LogP contribution < -0.4 is 5.32 Å². The Bertz CT molecular complexity index is 1190. The number of methoxy groups -OCH3 is 1. The highest BCUT2D eigenvalue weighted by atomic mass is 32.1. The van der Waals surface area contributed by atoms with Crippen LogP contribution in [-0.2, 0) is 4.74 Å². The van der Waals surface area contributed by atoms with Crippen LogP contribution in [0.4, 0.5) is 10.8 Å². The Morgan fingerprint density at radius 2 is 2.12 bits per heavy atom. The molecule has 4 rings (SSSR count).